The van der Waals surface area contributed by atoms with Crippen molar-refractivity contribution in [2.75, 3.05) is 17.2 Å². The number of halogens is 1. The van der Waals surface area contributed by atoms with Gasteiger partial charge in [0.2, 0.25) is 0 Å². The van der Waals surface area contributed by atoms with Crippen molar-refractivity contribution in [3.05, 3.63) is 64.5 Å². The summed E-state index contributed by atoms with van der Waals surface area (Å²) in [7, 11) is -1.03. The summed E-state index contributed by atoms with van der Waals surface area (Å²) in [6.07, 6.45) is 2.54. The number of aliphatic hydroxyl groups is 1. The molecule has 0 spiro atoms. The Labute approximate surface area is 200 Å². The van der Waals surface area contributed by atoms with Crippen molar-refractivity contribution in [2.24, 2.45) is 5.92 Å². The standard InChI is InChI=1S/C27H39FN2O2S/c1-5-6-9-20-11-19(14-23(28)25(20)29)12-21-16-33(32)17-24(26(21)31)30-15-18-8-7-10-22(13-18)27(2,3)4/h7-8,10-11,13-14,21,24,26,30-31H,5-6,9,12,15-17,29H2,1-4H3. The van der Waals surface area contributed by atoms with Gasteiger partial charge in [-0.15, -0.1) is 0 Å². The third-order valence-electron chi connectivity index (χ3n) is 6.59. The van der Waals surface area contributed by atoms with E-state index in [1.165, 1.54) is 11.6 Å². The first kappa shape index (κ1) is 25.9. The first-order chi connectivity index (χ1) is 15.6. The fourth-order valence-corrected chi connectivity index (χ4v) is 6.16. The molecule has 2 aromatic rings. The molecule has 1 fully saturated rings. The summed E-state index contributed by atoms with van der Waals surface area (Å²) in [5, 5.41) is 14.5. The van der Waals surface area contributed by atoms with Gasteiger partial charge in [-0.25, -0.2) is 4.39 Å². The second-order valence-corrected chi connectivity index (χ2v) is 12.0. The molecule has 4 N–H and O–H groups in total. The van der Waals surface area contributed by atoms with Crippen LogP contribution in [0.25, 0.3) is 0 Å². The Kier molecular flexibility index (Phi) is 8.70. The molecule has 4 atom stereocenters. The molecule has 1 heterocycles. The number of unbranched alkanes of at least 4 members (excludes halogenated alkanes) is 1. The zero-order valence-electron chi connectivity index (χ0n) is 20.4. The normalized spacial score (nSPS) is 23.6. The molecule has 182 valence electrons. The first-order valence-electron chi connectivity index (χ1n) is 12.0. The van der Waals surface area contributed by atoms with Gasteiger partial charge >= 0.3 is 0 Å². The number of rotatable bonds is 8. The molecule has 3 rings (SSSR count). The summed E-state index contributed by atoms with van der Waals surface area (Å²) in [6.45, 7) is 9.26. The van der Waals surface area contributed by atoms with Crippen LogP contribution in [0.1, 0.15) is 62.8 Å². The predicted molar refractivity (Wildman–Crippen MR) is 136 cm³/mol. The van der Waals surface area contributed by atoms with Crippen molar-refractivity contribution in [3.63, 3.8) is 0 Å². The molecular weight excluding hydrogens is 435 g/mol. The van der Waals surface area contributed by atoms with Gasteiger partial charge in [0.25, 0.3) is 0 Å². The van der Waals surface area contributed by atoms with Crippen molar-refractivity contribution >= 4 is 16.5 Å². The summed E-state index contributed by atoms with van der Waals surface area (Å²) in [5.41, 5.74) is 10.3. The van der Waals surface area contributed by atoms with E-state index in [2.05, 4.69) is 57.3 Å². The van der Waals surface area contributed by atoms with Gasteiger partial charge in [-0.3, -0.25) is 4.21 Å². The fourth-order valence-electron chi connectivity index (χ4n) is 4.52. The lowest BCUT2D eigenvalue weighted by Gasteiger charge is -2.35. The highest BCUT2D eigenvalue weighted by Gasteiger charge is 2.35. The number of nitrogens with two attached hydrogens (primary N) is 1. The molecule has 1 saturated heterocycles. The Hall–Kier alpha value is -1.76. The Morgan fingerprint density at radius 2 is 1.94 bits per heavy atom. The van der Waals surface area contributed by atoms with Crippen molar-refractivity contribution in [1.82, 2.24) is 5.32 Å². The third-order valence-corrected chi connectivity index (χ3v) is 8.13. The SMILES string of the molecule is CCCCc1cc(CC2CS(=O)CC(NCc3cccc(C(C)(C)C)c3)C2O)cc(F)c1N. The number of aryl methyl sites for hydroxylation is 1. The zero-order valence-corrected chi connectivity index (χ0v) is 21.2. The van der Waals surface area contributed by atoms with Crippen LogP contribution < -0.4 is 11.1 Å². The average molecular weight is 475 g/mol. The van der Waals surface area contributed by atoms with Crippen molar-refractivity contribution in [3.8, 4) is 0 Å². The van der Waals surface area contributed by atoms with Gasteiger partial charge in [0.1, 0.15) is 5.82 Å². The van der Waals surface area contributed by atoms with E-state index in [0.717, 1.165) is 36.0 Å². The predicted octanol–water partition coefficient (Wildman–Crippen LogP) is 4.49. The maximum absolute atomic E-state index is 14.4. The highest BCUT2D eigenvalue weighted by atomic mass is 32.2. The molecule has 2 aromatic carbocycles. The first-order valence-corrected chi connectivity index (χ1v) is 13.5. The van der Waals surface area contributed by atoms with Crippen LogP contribution in [0.5, 0.6) is 0 Å². The van der Waals surface area contributed by atoms with Gasteiger partial charge in [0.05, 0.1) is 11.8 Å². The van der Waals surface area contributed by atoms with Gasteiger partial charge in [-0.1, -0.05) is 64.4 Å². The summed E-state index contributed by atoms with van der Waals surface area (Å²) >= 11 is 0. The highest BCUT2D eigenvalue weighted by molar-refractivity contribution is 7.85. The molecule has 0 bridgehead atoms. The van der Waals surface area contributed by atoms with Crippen LogP contribution in [0.3, 0.4) is 0 Å². The van der Waals surface area contributed by atoms with Crippen LogP contribution in [0.15, 0.2) is 36.4 Å². The van der Waals surface area contributed by atoms with Gasteiger partial charge in [0, 0.05) is 40.8 Å². The third kappa shape index (κ3) is 6.87. The molecule has 4 unspecified atom stereocenters. The van der Waals surface area contributed by atoms with Gasteiger partial charge < -0.3 is 16.2 Å². The van der Waals surface area contributed by atoms with Crippen molar-refractivity contribution < 1.29 is 13.7 Å². The molecule has 0 amide bonds. The van der Waals surface area contributed by atoms with Crippen molar-refractivity contribution in [2.45, 2.75) is 77.5 Å². The molecule has 0 saturated carbocycles. The molecular formula is C27H39FN2O2S. The maximum Gasteiger partial charge on any atom is 0.146 e. The molecule has 33 heavy (non-hydrogen) atoms. The van der Waals surface area contributed by atoms with E-state index in [9.17, 15) is 13.7 Å². The topological polar surface area (TPSA) is 75.3 Å². The van der Waals surface area contributed by atoms with Gasteiger partial charge in [-0.05, 0) is 53.0 Å². The largest absolute Gasteiger partial charge is 0.396 e. The highest BCUT2D eigenvalue weighted by Crippen LogP contribution is 2.27. The number of hydrogen-bond acceptors (Lipinski definition) is 4. The second-order valence-electron chi connectivity index (χ2n) is 10.4. The molecule has 1 aliphatic heterocycles. The van der Waals surface area contributed by atoms with E-state index < -0.39 is 22.7 Å². The summed E-state index contributed by atoms with van der Waals surface area (Å²) < 4.78 is 27.0. The smallest absolute Gasteiger partial charge is 0.146 e. The minimum atomic E-state index is -1.03. The summed E-state index contributed by atoms with van der Waals surface area (Å²) in [6, 6.07) is 11.6. The molecule has 0 radical (unpaired) electrons. The van der Waals surface area contributed by atoms with Crippen LogP contribution in [-0.2, 0) is 35.6 Å². The number of hydrogen-bond donors (Lipinski definition) is 3. The van der Waals surface area contributed by atoms with Crippen molar-refractivity contribution in [1.29, 1.82) is 0 Å². The zero-order chi connectivity index (χ0) is 24.2. The molecule has 4 nitrogen and oxygen atoms in total. The summed E-state index contributed by atoms with van der Waals surface area (Å²) in [5.74, 6) is 0.252. The Morgan fingerprint density at radius 1 is 1.18 bits per heavy atom. The minimum absolute atomic E-state index is 0.0668. The number of nitrogen functional groups attached to an aromatic ring is 1. The van der Waals surface area contributed by atoms with E-state index >= 15 is 0 Å². The Balaban J connectivity index is 1.69. The van der Waals surface area contributed by atoms with E-state index in [4.69, 9.17) is 5.73 Å². The van der Waals surface area contributed by atoms with Crippen LogP contribution in [0, 0.1) is 11.7 Å². The number of aliphatic hydroxyl groups excluding tert-OH is 1. The lowest BCUT2D eigenvalue weighted by Crippen LogP contribution is -2.53. The number of benzene rings is 2. The number of nitrogens with one attached hydrogen (secondary N) is 1. The molecule has 0 aromatic heterocycles. The number of anilines is 1. The Morgan fingerprint density at radius 3 is 2.64 bits per heavy atom. The van der Waals surface area contributed by atoms with Crippen LogP contribution in [0.4, 0.5) is 10.1 Å². The van der Waals surface area contributed by atoms with E-state index in [1.54, 1.807) is 0 Å². The molecule has 0 aliphatic carbocycles. The monoisotopic (exact) mass is 474 g/mol. The maximum atomic E-state index is 14.4. The summed E-state index contributed by atoms with van der Waals surface area (Å²) in [4.78, 5) is 0. The molecule has 1 aliphatic rings. The Bertz CT molecular complexity index is 973. The van der Waals surface area contributed by atoms with Crippen LogP contribution >= 0.6 is 0 Å². The lowest BCUT2D eigenvalue weighted by atomic mass is 9.86. The lowest BCUT2D eigenvalue weighted by molar-refractivity contribution is 0.0795. The van der Waals surface area contributed by atoms with Gasteiger partial charge in [-0.2, -0.15) is 0 Å². The van der Waals surface area contributed by atoms with Crippen LogP contribution in [0.2, 0.25) is 0 Å². The van der Waals surface area contributed by atoms with E-state index in [-0.39, 0.29) is 23.1 Å². The van der Waals surface area contributed by atoms with E-state index in [0.29, 0.717) is 24.5 Å². The molecule has 6 heteroatoms. The second kappa shape index (κ2) is 11.1. The van der Waals surface area contributed by atoms with E-state index in [1.807, 2.05) is 6.07 Å². The van der Waals surface area contributed by atoms with Gasteiger partial charge in [0.15, 0.2) is 0 Å². The quantitative estimate of drug-likeness (QED) is 0.493. The average Bonchev–Trinajstić information content (AvgIpc) is 2.76. The van der Waals surface area contributed by atoms with Crippen LogP contribution in [-0.4, -0.2) is 33.0 Å². The fraction of sp³-hybridized carbons (Fsp3) is 0.556. The minimum Gasteiger partial charge on any atom is -0.396 e.